The molecule has 4 nitrogen and oxygen atoms in total. The Hall–Kier alpha value is -1.28. The van der Waals surface area contributed by atoms with Crippen LogP contribution in [0.15, 0.2) is 17.2 Å². The molecule has 2 N–H and O–H groups in total. The molecule has 19 heavy (non-hydrogen) atoms. The summed E-state index contributed by atoms with van der Waals surface area (Å²) in [6.07, 6.45) is -4.28. The first-order valence-corrected chi connectivity index (χ1v) is 6.22. The number of carboxylic acid groups (broad SMARTS) is 1. The highest BCUT2D eigenvalue weighted by atomic mass is 32.2. The third-order valence-corrected chi connectivity index (χ3v) is 3.40. The lowest BCUT2D eigenvalue weighted by atomic mass is 10.2. The molecule has 0 aromatic carbocycles. The number of thioether (sulfide) groups is 1. The Labute approximate surface area is 111 Å². The fourth-order valence-electron chi connectivity index (χ4n) is 1.28. The molecule has 0 bridgehead atoms. The van der Waals surface area contributed by atoms with Gasteiger partial charge in [-0.1, -0.05) is 6.92 Å². The largest absolute Gasteiger partial charge is 0.478 e. The predicted octanol–water partition coefficient (Wildman–Crippen LogP) is 2.66. The smallest absolute Gasteiger partial charge is 0.433 e. The Kier molecular flexibility index (Phi) is 5.19. The summed E-state index contributed by atoms with van der Waals surface area (Å²) in [5, 5.41) is 17.2. The van der Waals surface area contributed by atoms with Gasteiger partial charge in [0.15, 0.2) is 0 Å². The molecule has 1 aromatic rings. The van der Waals surface area contributed by atoms with Crippen molar-refractivity contribution >= 4 is 17.7 Å². The van der Waals surface area contributed by atoms with E-state index in [1.807, 2.05) is 0 Å². The van der Waals surface area contributed by atoms with E-state index >= 15 is 0 Å². The lowest BCUT2D eigenvalue weighted by Crippen LogP contribution is -2.12. The minimum atomic E-state index is -4.62. The molecule has 0 fully saturated rings. The van der Waals surface area contributed by atoms with E-state index < -0.39 is 17.8 Å². The SMILES string of the molecule is CC(CCO)Sc1nc(C(F)(F)F)ccc1C(=O)O. The van der Waals surface area contributed by atoms with Gasteiger partial charge in [0, 0.05) is 11.9 Å². The number of aliphatic hydroxyl groups is 1. The van der Waals surface area contributed by atoms with Crippen LogP contribution in [0.4, 0.5) is 13.2 Å². The Balaban J connectivity index is 3.12. The topological polar surface area (TPSA) is 70.4 Å². The molecule has 1 unspecified atom stereocenters. The number of hydrogen-bond donors (Lipinski definition) is 2. The second kappa shape index (κ2) is 6.25. The Morgan fingerprint density at radius 3 is 2.58 bits per heavy atom. The van der Waals surface area contributed by atoms with E-state index in [1.54, 1.807) is 6.92 Å². The molecule has 0 aliphatic heterocycles. The van der Waals surface area contributed by atoms with Gasteiger partial charge >= 0.3 is 12.1 Å². The van der Waals surface area contributed by atoms with Gasteiger partial charge in [0.05, 0.1) is 5.56 Å². The Bertz CT molecular complexity index is 465. The number of aliphatic hydroxyl groups excluding tert-OH is 1. The molecule has 0 spiro atoms. The van der Waals surface area contributed by atoms with Gasteiger partial charge in [0.1, 0.15) is 10.7 Å². The van der Waals surface area contributed by atoms with E-state index in [1.165, 1.54) is 0 Å². The normalized spacial score (nSPS) is 13.3. The van der Waals surface area contributed by atoms with Crippen molar-refractivity contribution in [3.8, 4) is 0 Å². The van der Waals surface area contributed by atoms with Crippen molar-refractivity contribution in [3.05, 3.63) is 23.4 Å². The molecular formula is C11H12F3NO3S. The predicted molar refractivity (Wildman–Crippen MR) is 63.2 cm³/mol. The zero-order valence-electron chi connectivity index (χ0n) is 9.94. The quantitative estimate of drug-likeness (QED) is 0.817. The van der Waals surface area contributed by atoms with Crippen LogP contribution in [0.2, 0.25) is 0 Å². The van der Waals surface area contributed by atoms with E-state index in [2.05, 4.69) is 4.98 Å². The van der Waals surface area contributed by atoms with Gasteiger partial charge in [0.2, 0.25) is 0 Å². The maximum atomic E-state index is 12.5. The summed E-state index contributed by atoms with van der Waals surface area (Å²) < 4.78 is 37.6. The molecule has 8 heteroatoms. The summed E-state index contributed by atoms with van der Waals surface area (Å²) in [7, 11) is 0. The van der Waals surface area contributed by atoms with Crippen molar-refractivity contribution in [2.45, 2.75) is 29.8 Å². The molecule has 0 amide bonds. The molecule has 1 rings (SSSR count). The standard InChI is InChI=1S/C11H12F3NO3S/c1-6(4-5-16)19-9-7(10(17)18)2-3-8(15-9)11(12,13)14/h2-3,6,16H,4-5H2,1H3,(H,17,18). The van der Waals surface area contributed by atoms with Crippen molar-refractivity contribution in [2.24, 2.45) is 0 Å². The third kappa shape index (κ3) is 4.39. The summed E-state index contributed by atoms with van der Waals surface area (Å²) in [4.78, 5) is 14.3. The Morgan fingerprint density at radius 2 is 2.11 bits per heavy atom. The second-order valence-corrected chi connectivity index (χ2v) is 5.22. The first-order chi connectivity index (χ1) is 8.75. The molecule has 0 saturated heterocycles. The molecule has 0 aliphatic carbocycles. The lowest BCUT2D eigenvalue weighted by Gasteiger charge is -2.13. The van der Waals surface area contributed by atoms with E-state index in [0.717, 1.165) is 17.8 Å². The van der Waals surface area contributed by atoms with E-state index in [-0.39, 0.29) is 22.4 Å². The zero-order chi connectivity index (χ0) is 14.6. The molecule has 1 atom stereocenters. The van der Waals surface area contributed by atoms with Crippen LogP contribution in [0.1, 0.15) is 29.4 Å². The van der Waals surface area contributed by atoms with Crippen LogP contribution in [-0.4, -0.2) is 33.0 Å². The molecule has 1 heterocycles. The third-order valence-electron chi connectivity index (χ3n) is 2.23. The number of hydrogen-bond acceptors (Lipinski definition) is 4. The van der Waals surface area contributed by atoms with Crippen molar-refractivity contribution < 1.29 is 28.2 Å². The maximum Gasteiger partial charge on any atom is 0.433 e. The highest BCUT2D eigenvalue weighted by Gasteiger charge is 2.33. The van der Waals surface area contributed by atoms with Gasteiger partial charge in [-0.15, -0.1) is 11.8 Å². The summed E-state index contributed by atoms with van der Waals surface area (Å²) in [5.74, 6) is -1.33. The van der Waals surface area contributed by atoms with Crippen LogP contribution >= 0.6 is 11.8 Å². The molecule has 0 radical (unpaired) electrons. The van der Waals surface area contributed by atoms with Crippen molar-refractivity contribution in [1.29, 1.82) is 0 Å². The number of rotatable bonds is 5. The van der Waals surface area contributed by atoms with Crippen LogP contribution < -0.4 is 0 Å². The van der Waals surface area contributed by atoms with E-state index in [4.69, 9.17) is 10.2 Å². The highest BCUT2D eigenvalue weighted by Crippen LogP contribution is 2.32. The van der Waals surface area contributed by atoms with Crippen LogP contribution in [0.25, 0.3) is 0 Å². The Morgan fingerprint density at radius 1 is 1.47 bits per heavy atom. The van der Waals surface area contributed by atoms with Gasteiger partial charge < -0.3 is 10.2 Å². The second-order valence-electron chi connectivity index (χ2n) is 3.79. The van der Waals surface area contributed by atoms with Crippen molar-refractivity contribution in [1.82, 2.24) is 4.98 Å². The molecule has 1 aromatic heterocycles. The van der Waals surface area contributed by atoms with E-state index in [9.17, 15) is 18.0 Å². The van der Waals surface area contributed by atoms with Gasteiger partial charge in [-0.25, -0.2) is 9.78 Å². The number of alkyl halides is 3. The van der Waals surface area contributed by atoms with E-state index in [0.29, 0.717) is 12.5 Å². The number of aromatic carboxylic acids is 1. The number of aromatic nitrogens is 1. The monoisotopic (exact) mass is 295 g/mol. The maximum absolute atomic E-state index is 12.5. The fourth-order valence-corrected chi connectivity index (χ4v) is 2.32. The van der Waals surface area contributed by atoms with Crippen LogP contribution in [0.3, 0.4) is 0 Å². The summed E-state index contributed by atoms with van der Waals surface area (Å²) in [6, 6.07) is 1.54. The lowest BCUT2D eigenvalue weighted by molar-refractivity contribution is -0.141. The van der Waals surface area contributed by atoms with Gasteiger partial charge in [0.25, 0.3) is 0 Å². The highest BCUT2D eigenvalue weighted by molar-refractivity contribution is 7.99. The first kappa shape index (κ1) is 15.8. The van der Waals surface area contributed by atoms with Gasteiger partial charge in [-0.3, -0.25) is 0 Å². The van der Waals surface area contributed by atoms with Crippen LogP contribution in [0, 0.1) is 0 Å². The molecule has 106 valence electrons. The van der Waals surface area contributed by atoms with Crippen LogP contribution in [-0.2, 0) is 6.18 Å². The number of carbonyl (C=O) groups is 1. The molecular weight excluding hydrogens is 283 g/mol. The van der Waals surface area contributed by atoms with Crippen molar-refractivity contribution in [3.63, 3.8) is 0 Å². The van der Waals surface area contributed by atoms with Crippen molar-refractivity contribution in [2.75, 3.05) is 6.61 Å². The summed E-state index contributed by atoms with van der Waals surface area (Å²) in [5.41, 5.74) is -1.40. The average Bonchev–Trinajstić information content (AvgIpc) is 2.27. The fraction of sp³-hybridized carbons (Fsp3) is 0.455. The van der Waals surface area contributed by atoms with Crippen LogP contribution in [0.5, 0.6) is 0 Å². The summed E-state index contributed by atoms with van der Waals surface area (Å²) >= 11 is 0.901. The van der Waals surface area contributed by atoms with Gasteiger partial charge in [-0.2, -0.15) is 13.2 Å². The van der Waals surface area contributed by atoms with Gasteiger partial charge in [-0.05, 0) is 18.6 Å². The molecule has 0 saturated carbocycles. The summed E-state index contributed by atoms with van der Waals surface area (Å²) in [6.45, 7) is 1.55. The number of halogens is 3. The minimum absolute atomic E-state index is 0.129. The molecule has 0 aliphatic rings. The first-order valence-electron chi connectivity index (χ1n) is 5.34. The number of carboxylic acids is 1. The zero-order valence-corrected chi connectivity index (χ0v) is 10.8. The number of nitrogens with zero attached hydrogens (tertiary/aromatic N) is 1. The number of pyridine rings is 1. The average molecular weight is 295 g/mol. The minimum Gasteiger partial charge on any atom is -0.478 e.